The summed E-state index contributed by atoms with van der Waals surface area (Å²) in [5, 5.41) is 14.9. The van der Waals surface area contributed by atoms with Crippen molar-refractivity contribution in [3.63, 3.8) is 0 Å². The van der Waals surface area contributed by atoms with Gasteiger partial charge in [-0.3, -0.25) is 4.79 Å². The zero-order chi connectivity index (χ0) is 24.4. The standard InChI is InChI=1S/C25H25F2N3O4/c1-4-25(33)17-8-21-22-15(10-30(21)23(31)16(17)11-34-24(25)32)13(5-6-28-12(2)3)14-7-18(26)19(27)9-20(14)29-22/h7-9,12,28,33H,4-6,10-11H2,1-3H3/t25-/m0/s1. The number of cyclic esters (lactones) is 1. The Kier molecular flexibility index (Phi) is 5.29. The highest BCUT2D eigenvalue weighted by Crippen LogP contribution is 2.40. The van der Waals surface area contributed by atoms with Gasteiger partial charge in [0, 0.05) is 28.6 Å². The van der Waals surface area contributed by atoms with E-state index < -0.39 is 23.2 Å². The summed E-state index contributed by atoms with van der Waals surface area (Å²) in [7, 11) is 0. The van der Waals surface area contributed by atoms with Gasteiger partial charge in [0.05, 0.1) is 29.0 Å². The van der Waals surface area contributed by atoms with Crippen LogP contribution in [0, 0.1) is 11.6 Å². The molecule has 9 heteroatoms. The van der Waals surface area contributed by atoms with E-state index in [1.165, 1.54) is 4.57 Å². The lowest BCUT2D eigenvalue weighted by molar-refractivity contribution is -0.172. The van der Waals surface area contributed by atoms with Gasteiger partial charge in [-0.1, -0.05) is 20.8 Å². The van der Waals surface area contributed by atoms with Gasteiger partial charge >= 0.3 is 5.97 Å². The number of carbonyl (C=O) groups is 1. The number of ether oxygens (including phenoxy) is 1. The first-order valence-electron chi connectivity index (χ1n) is 11.4. The maximum absolute atomic E-state index is 14.2. The monoisotopic (exact) mass is 469 g/mol. The number of rotatable bonds is 5. The van der Waals surface area contributed by atoms with Crippen LogP contribution in [0.5, 0.6) is 0 Å². The van der Waals surface area contributed by atoms with Crippen molar-refractivity contribution >= 4 is 16.9 Å². The van der Waals surface area contributed by atoms with Crippen LogP contribution in [0.2, 0.25) is 0 Å². The first kappa shape index (κ1) is 22.6. The molecule has 0 radical (unpaired) electrons. The molecule has 0 bridgehead atoms. The number of nitrogens with one attached hydrogen (secondary N) is 1. The number of fused-ring (bicyclic) bond motifs is 5. The van der Waals surface area contributed by atoms with E-state index in [1.807, 2.05) is 13.8 Å². The minimum absolute atomic E-state index is 0.0380. The second-order valence-corrected chi connectivity index (χ2v) is 9.16. The molecule has 0 saturated carbocycles. The highest BCUT2D eigenvalue weighted by atomic mass is 19.2. The Bertz CT molecular complexity index is 1420. The molecule has 1 aromatic carbocycles. The average molecular weight is 469 g/mol. The van der Waals surface area contributed by atoms with Crippen molar-refractivity contribution in [1.29, 1.82) is 0 Å². The molecule has 2 aliphatic rings. The molecule has 2 N–H and O–H groups in total. The fourth-order valence-electron chi connectivity index (χ4n) is 4.93. The second kappa shape index (κ2) is 7.95. The van der Waals surface area contributed by atoms with Crippen molar-refractivity contribution in [2.45, 2.75) is 58.4 Å². The smallest absolute Gasteiger partial charge is 0.343 e. The predicted octanol–water partition coefficient (Wildman–Crippen LogP) is 2.90. The summed E-state index contributed by atoms with van der Waals surface area (Å²) in [6.45, 7) is 6.25. The number of esters is 1. The number of benzene rings is 1. The number of nitrogens with zero attached hydrogens (tertiary/aromatic N) is 2. The van der Waals surface area contributed by atoms with Gasteiger partial charge < -0.3 is 19.7 Å². The van der Waals surface area contributed by atoms with Crippen molar-refractivity contribution in [3.8, 4) is 11.4 Å². The maximum atomic E-state index is 14.2. The number of carbonyl (C=O) groups excluding carboxylic acids is 1. The lowest BCUT2D eigenvalue weighted by Crippen LogP contribution is -2.44. The van der Waals surface area contributed by atoms with Crippen molar-refractivity contribution in [2.24, 2.45) is 0 Å². The molecule has 5 rings (SSSR count). The van der Waals surface area contributed by atoms with E-state index in [0.717, 1.165) is 23.3 Å². The Hall–Kier alpha value is -3.17. The molecule has 34 heavy (non-hydrogen) atoms. The summed E-state index contributed by atoms with van der Waals surface area (Å²) in [4.78, 5) is 30.4. The molecule has 4 heterocycles. The fourth-order valence-corrected chi connectivity index (χ4v) is 4.93. The summed E-state index contributed by atoms with van der Waals surface area (Å²) >= 11 is 0. The van der Waals surface area contributed by atoms with Gasteiger partial charge in [-0.15, -0.1) is 0 Å². The normalized spacial score (nSPS) is 18.7. The minimum Gasteiger partial charge on any atom is -0.458 e. The highest BCUT2D eigenvalue weighted by Gasteiger charge is 2.45. The fraction of sp³-hybridized carbons (Fsp3) is 0.400. The van der Waals surface area contributed by atoms with Crippen LogP contribution in [-0.2, 0) is 34.7 Å². The number of halogens is 2. The van der Waals surface area contributed by atoms with Gasteiger partial charge in [-0.2, -0.15) is 0 Å². The molecular weight excluding hydrogens is 444 g/mol. The Morgan fingerprint density at radius 2 is 1.94 bits per heavy atom. The molecular formula is C25H25F2N3O4. The minimum atomic E-state index is -1.93. The van der Waals surface area contributed by atoms with Crippen molar-refractivity contribution in [1.82, 2.24) is 14.9 Å². The number of pyridine rings is 2. The lowest BCUT2D eigenvalue weighted by Gasteiger charge is -2.31. The van der Waals surface area contributed by atoms with E-state index in [2.05, 4.69) is 10.3 Å². The predicted molar refractivity (Wildman–Crippen MR) is 121 cm³/mol. The van der Waals surface area contributed by atoms with Gasteiger partial charge in [0.2, 0.25) is 0 Å². The van der Waals surface area contributed by atoms with Crippen LogP contribution in [0.25, 0.3) is 22.3 Å². The van der Waals surface area contributed by atoms with Crippen LogP contribution >= 0.6 is 0 Å². The van der Waals surface area contributed by atoms with Crippen molar-refractivity contribution in [3.05, 3.63) is 62.4 Å². The molecule has 7 nitrogen and oxygen atoms in total. The van der Waals surface area contributed by atoms with Crippen LogP contribution in [0.1, 0.15) is 49.4 Å². The van der Waals surface area contributed by atoms with Crippen LogP contribution in [0.4, 0.5) is 8.78 Å². The van der Waals surface area contributed by atoms with E-state index in [0.29, 0.717) is 29.7 Å². The van der Waals surface area contributed by atoms with E-state index in [4.69, 9.17) is 4.74 Å². The Balaban J connectivity index is 1.76. The molecule has 0 aliphatic carbocycles. The summed E-state index contributed by atoms with van der Waals surface area (Å²) in [6.07, 6.45) is 0.559. The lowest BCUT2D eigenvalue weighted by atomic mass is 9.86. The van der Waals surface area contributed by atoms with Gasteiger partial charge in [0.1, 0.15) is 6.61 Å². The van der Waals surface area contributed by atoms with E-state index >= 15 is 0 Å². The third kappa shape index (κ3) is 3.25. The molecule has 2 aliphatic heterocycles. The molecule has 0 saturated heterocycles. The molecule has 1 atom stereocenters. The van der Waals surface area contributed by atoms with Crippen molar-refractivity contribution < 1.29 is 23.4 Å². The highest BCUT2D eigenvalue weighted by molar-refractivity contribution is 5.89. The number of hydrogen-bond donors (Lipinski definition) is 2. The Morgan fingerprint density at radius 1 is 1.21 bits per heavy atom. The SMILES string of the molecule is CC[C@@]1(O)C(=O)OCc2c1cc1n(c2=O)Cc2c-1nc1cc(F)c(F)cc1c2CCNC(C)C. The van der Waals surface area contributed by atoms with Gasteiger partial charge in [-0.25, -0.2) is 18.6 Å². The number of hydrogen-bond acceptors (Lipinski definition) is 6. The van der Waals surface area contributed by atoms with Crippen LogP contribution < -0.4 is 10.9 Å². The molecule has 0 amide bonds. The van der Waals surface area contributed by atoms with Crippen LogP contribution in [0.3, 0.4) is 0 Å². The second-order valence-electron chi connectivity index (χ2n) is 9.16. The molecule has 2 aromatic heterocycles. The van der Waals surface area contributed by atoms with Crippen LogP contribution in [-0.4, -0.2) is 33.2 Å². The topological polar surface area (TPSA) is 93.5 Å². The first-order chi connectivity index (χ1) is 16.2. The molecule has 0 spiro atoms. The zero-order valence-electron chi connectivity index (χ0n) is 19.2. The van der Waals surface area contributed by atoms with E-state index in [9.17, 15) is 23.5 Å². The number of aliphatic hydroxyl groups is 1. The zero-order valence-corrected chi connectivity index (χ0v) is 19.2. The average Bonchev–Trinajstić information content (AvgIpc) is 3.16. The molecule has 178 valence electrons. The summed E-state index contributed by atoms with van der Waals surface area (Å²) in [6, 6.07) is 4.07. The van der Waals surface area contributed by atoms with Gasteiger partial charge in [-0.05, 0) is 37.1 Å². The van der Waals surface area contributed by atoms with Gasteiger partial charge in [0.25, 0.3) is 5.56 Å². The maximum Gasteiger partial charge on any atom is 0.343 e. The summed E-state index contributed by atoms with van der Waals surface area (Å²) < 4.78 is 34.9. The van der Waals surface area contributed by atoms with Crippen molar-refractivity contribution in [2.75, 3.05) is 6.54 Å². The largest absolute Gasteiger partial charge is 0.458 e. The quantitative estimate of drug-likeness (QED) is 0.437. The van der Waals surface area contributed by atoms with E-state index in [1.54, 1.807) is 13.0 Å². The summed E-state index contributed by atoms with van der Waals surface area (Å²) in [5.41, 5.74) is 0.845. The number of aromatic nitrogens is 2. The molecule has 3 aromatic rings. The Labute approximate surface area is 194 Å². The van der Waals surface area contributed by atoms with E-state index in [-0.39, 0.29) is 47.8 Å². The molecule has 0 unspecified atom stereocenters. The third-order valence-corrected chi connectivity index (χ3v) is 6.78. The first-order valence-corrected chi connectivity index (χ1v) is 11.4. The van der Waals surface area contributed by atoms with Crippen LogP contribution in [0.15, 0.2) is 23.0 Å². The summed E-state index contributed by atoms with van der Waals surface area (Å²) in [5.74, 6) is -2.76. The molecule has 0 fully saturated rings. The Morgan fingerprint density at radius 3 is 2.65 bits per heavy atom. The third-order valence-electron chi connectivity index (χ3n) is 6.78. The van der Waals surface area contributed by atoms with Gasteiger partial charge in [0.15, 0.2) is 17.2 Å².